The van der Waals surface area contributed by atoms with Gasteiger partial charge in [-0.05, 0) is 32.4 Å². The van der Waals surface area contributed by atoms with Gasteiger partial charge < -0.3 is 14.7 Å². The molecule has 5 heteroatoms. The van der Waals surface area contributed by atoms with Gasteiger partial charge in [0.05, 0.1) is 12.5 Å². The molecule has 1 amide bonds. The van der Waals surface area contributed by atoms with Crippen molar-refractivity contribution in [3.63, 3.8) is 0 Å². The quantitative estimate of drug-likeness (QED) is 0.787. The lowest BCUT2D eigenvalue weighted by Gasteiger charge is -2.27. The van der Waals surface area contributed by atoms with E-state index in [9.17, 15) is 14.7 Å². The number of hydrogen-bond acceptors (Lipinski definition) is 3. The van der Waals surface area contributed by atoms with Crippen LogP contribution in [0.1, 0.15) is 31.9 Å². The highest BCUT2D eigenvalue weighted by molar-refractivity contribution is 5.85. The number of benzene rings is 2. The molecule has 1 atom stereocenters. The van der Waals surface area contributed by atoms with Gasteiger partial charge >= 0.3 is 5.97 Å². The van der Waals surface area contributed by atoms with E-state index in [-0.39, 0.29) is 25.0 Å². The number of amides is 1. The van der Waals surface area contributed by atoms with Crippen LogP contribution < -0.4 is 4.74 Å². The van der Waals surface area contributed by atoms with Crippen molar-refractivity contribution in [2.75, 3.05) is 0 Å². The fraction of sp³-hybridized carbons (Fsp3) is 0.333. The average molecular weight is 355 g/mol. The molecule has 0 spiro atoms. The first kappa shape index (κ1) is 19.5. The number of ether oxygens (including phenoxy) is 1. The van der Waals surface area contributed by atoms with Crippen molar-refractivity contribution >= 4 is 11.9 Å². The summed E-state index contributed by atoms with van der Waals surface area (Å²) in [4.78, 5) is 25.8. The first-order valence-electron chi connectivity index (χ1n) is 8.69. The first-order valence-corrected chi connectivity index (χ1v) is 8.69. The molecule has 2 aromatic rings. The van der Waals surface area contributed by atoms with Gasteiger partial charge in [-0.3, -0.25) is 4.79 Å². The lowest BCUT2D eigenvalue weighted by Crippen LogP contribution is -2.43. The van der Waals surface area contributed by atoms with Crippen LogP contribution in [-0.4, -0.2) is 34.0 Å². The molecule has 26 heavy (non-hydrogen) atoms. The summed E-state index contributed by atoms with van der Waals surface area (Å²) in [5, 5.41) is 9.40. The maximum Gasteiger partial charge on any atom is 0.326 e. The molecule has 0 fully saturated rings. The van der Waals surface area contributed by atoms with E-state index in [4.69, 9.17) is 4.74 Å². The second-order valence-corrected chi connectivity index (χ2v) is 6.47. The highest BCUT2D eigenvalue weighted by Crippen LogP contribution is 2.21. The molecule has 0 bridgehead atoms. The van der Waals surface area contributed by atoms with Gasteiger partial charge in [-0.1, -0.05) is 48.5 Å². The van der Waals surface area contributed by atoms with Crippen molar-refractivity contribution in [3.05, 3.63) is 65.7 Å². The number of hydrogen-bond donors (Lipinski definition) is 1. The number of nitrogens with zero attached hydrogens (tertiary/aromatic N) is 1. The molecule has 5 nitrogen and oxygen atoms in total. The Morgan fingerprint density at radius 3 is 2.23 bits per heavy atom. The van der Waals surface area contributed by atoms with Crippen LogP contribution in [0, 0.1) is 0 Å². The number of carbonyl (C=O) groups is 2. The summed E-state index contributed by atoms with van der Waals surface area (Å²) in [6.07, 6.45) is 0.0810. The van der Waals surface area contributed by atoms with Crippen molar-refractivity contribution in [1.29, 1.82) is 0 Å². The molecule has 138 valence electrons. The topological polar surface area (TPSA) is 66.8 Å². The molecule has 0 aromatic heterocycles. The fourth-order valence-electron chi connectivity index (χ4n) is 2.64. The Hall–Kier alpha value is -2.82. The van der Waals surface area contributed by atoms with E-state index >= 15 is 0 Å². The Kier molecular flexibility index (Phi) is 6.78. The fourth-order valence-corrected chi connectivity index (χ4v) is 2.64. The second kappa shape index (κ2) is 9.04. The third kappa shape index (κ3) is 5.34. The SMILES string of the molecule is CC(C)Oc1ccccc1CC(=O)N(Cc1ccccc1)C(C)C(=O)O. The Bertz CT molecular complexity index is 743. The molecule has 1 unspecified atom stereocenters. The lowest BCUT2D eigenvalue weighted by atomic mass is 10.1. The minimum atomic E-state index is -1.03. The molecular weight excluding hydrogens is 330 g/mol. The normalized spacial score (nSPS) is 11.8. The largest absolute Gasteiger partial charge is 0.491 e. The van der Waals surface area contributed by atoms with E-state index in [1.165, 1.54) is 11.8 Å². The zero-order valence-electron chi connectivity index (χ0n) is 15.4. The van der Waals surface area contributed by atoms with Gasteiger partial charge in [0.1, 0.15) is 11.8 Å². The summed E-state index contributed by atoms with van der Waals surface area (Å²) in [5.41, 5.74) is 1.64. The van der Waals surface area contributed by atoms with Gasteiger partial charge in [0.15, 0.2) is 0 Å². The third-order valence-electron chi connectivity index (χ3n) is 4.02. The van der Waals surface area contributed by atoms with Crippen LogP contribution in [-0.2, 0) is 22.6 Å². The minimum Gasteiger partial charge on any atom is -0.491 e. The Morgan fingerprint density at radius 1 is 1.00 bits per heavy atom. The standard InChI is InChI=1S/C21H25NO4/c1-15(2)26-19-12-8-7-11-18(19)13-20(23)22(16(3)21(24)25)14-17-9-5-4-6-10-17/h4-12,15-16H,13-14H2,1-3H3,(H,24,25). The minimum absolute atomic E-state index is 0.00961. The zero-order chi connectivity index (χ0) is 19.1. The van der Waals surface area contributed by atoms with Crippen LogP contribution in [0.25, 0.3) is 0 Å². The molecule has 2 aromatic carbocycles. The van der Waals surface area contributed by atoms with Crippen molar-refractivity contribution in [1.82, 2.24) is 4.90 Å². The zero-order valence-corrected chi connectivity index (χ0v) is 15.4. The Morgan fingerprint density at radius 2 is 1.62 bits per heavy atom. The lowest BCUT2D eigenvalue weighted by molar-refractivity contribution is -0.149. The summed E-state index contributed by atoms with van der Waals surface area (Å²) in [5.74, 6) is -0.622. The van der Waals surface area contributed by atoms with Crippen LogP contribution in [0.15, 0.2) is 54.6 Å². The van der Waals surface area contributed by atoms with Gasteiger partial charge in [0.25, 0.3) is 0 Å². The maximum absolute atomic E-state index is 12.9. The van der Waals surface area contributed by atoms with Crippen molar-refractivity contribution < 1.29 is 19.4 Å². The molecule has 2 rings (SSSR count). The van der Waals surface area contributed by atoms with E-state index in [0.29, 0.717) is 5.75 Å². The predicted octanol–water partition coefficient (Wildman–Crippen LogP) is 3.52. The van der Waals surface area contributed by atoms with Gasteiger partial charge in [-0.25, -0.2) is 4.79 Å². The molecule has 0 saturated carbocycles. The monoisotopic (exact) mass is 355 g/mol. The number of carboxylic acid groups (broad SMARTS) is 1. The molecule has 0 radical (unpaired) electrons. The van der Waals surface area contributed by atoms with Crippen LogP contribution in [0.4, 0.5) is 0 Å². The Balaban J connectivity index is 2.23. The van der Waals surface area contributed by atoms with Crippen LogP contribution in [0.3, 0.4) is 0 Å². The van der Waals surface area contributed by atoms with Crippen molar-refractivity contribution in [2.45, 2.75) is 45.9 Å². The molecule has 0 aliphatic carbocycles. The van der Waals surface area contributed by atoms with Crippen molar-refractivity contribution in [2.24, 2.45) is 0 Å². The van der Waals surface area contributed by atoms with E-state index in [1.807, 2.05) is 68.4 Å². The summed E-state index contributed by atoms with van der Waals surface area (Å²) in [6, 6.07) is 15.8. The average Bonchev–Trinajstić information content (AvgIpc) is 2.61. The van der Waals surface area contributed by atoms with E-state index in [1.54, 1.807) is 0 Å². The third-order valence-corrected chi connectivity index (χ3v) is 4.02. The Labute approximate surface area is 154 Å². The van der Waals surface area contributed by atoms with Gasteiger partial charge in [-0.15, -0.1) is 0 Å². The smallest absolute Gasteiger partial charge is 0.326 e. The maximum atomic E-state index is 12.9. The summed E-state index contributed by atoms with van der Waals surface area (Å²) < 4.78 is 5.77. The van der Waals surface area contributed by atoms with E-state index in [0.717, 1.165) is 11.1 Å². The highest BCUT2D eigenvalue weighted by atomic mass is 16.5. The first-order chi connectivity index (χ1) is 12.4. The number of carboxylic acids is 1. The van der Waals surface area contributed by atoms with E-state index in [2.05, 4.69) is 0 Å². The second-order valence-electron chi connectivity index (χ2n) is 6.47. The van der Waals surface area contributed by atoms with Crippen LogP contribution in [0.5, 0.6) is 5.75 Å². The summed E-state index contributed by atoms with van der Waals surface area (Å²) >= 11 is 0. The molecule has 1 N–H and O–H groups in total. The molecule has 0 saturated heterocycles. The number of rotatable bonds is 8. The number of para-hydroxylation sites is 1. The van der Waals surface area contributed by atoms with Gasteiger partial charge in [0.2, 0.25) is 5.91 Å². The summed E-state index contributed by atoms with van der Waals surface area (Å²) in [6.45, 7) is 5.62. The van der Waals surface area contributed by atoms with E-state index < -0.39 is 12.0 Å². The van der Waals surface area contributed by atoms with Crippen LogP contribution in [0.2, 0.25) is 0 Å². The molecular formula is C21H25NO4. The number of carbonyl (C=O) groups excluding carboxylic acids is 1. The van der Waals surface area contributed by atoms with Gasteiger partial charge in [0, 0.05) is 12.1 Å². The highest BCUT2D eigenvalue weighted by Gasteiger charge is 2.26. The van der Waals surface area contributed by atoms with Crippen molar-refractivity contribution in [3.8, 4) is 5.75 Å². The van der Waals surface area contributed by atoms with Crippen LogP contribution >= 0.6 is 0 Å². The number of aliphatic carboxylic acids is 1. The summed E-state index contributed by atoms with van der Waals surface area (Å²) in [7, 11) is 0. The molecule has 0 heterocycles. The molecule has 0 aliphatic heterocycles. The van der Waals surface area contributed by atoms with Gasteiger partial charge in [-0.2, -0.15) is 0 Å². The molecule has 0 aliphatic rings. The predicted molar refractivity (Wildman–Crippen MR) is 100.0 cm³/mol.